The molecular weight excluding hydrogens is 451 g/mol. The molecule has 6 heteroatoms. The van der Waals surface area contributed by atoms with Gasteiger partial charge in [-0.05, 0) is 30.2 Å². The lowest BCUT2D eigenvalue weighted by Crippen LogP contribution is -2.39. The molecule has 27 heavy (non-hydrogen) atoms. The first-order valence-corrected chi connectivity index (χ1v) is 8.85. The summed E-state index contributed by atoms with van der Waals surface area (Å²) < 4.78 is 5.43. The number of para-hydroxylation sites is 1. The number of nitrogens with one attached hydrogen (secondary N) is 1. The monoisotopic (exact) mass is 482 g/mol. The molecule has 0 saturated heterocycles. The topological polar surface area (TPSA) is 40.1 Å². The van der Waals surface area contributed by atoms with Crippen LogP contribution in [0.4, 0.5) is 5.69 Å². The summed E-state index contributed by atoms with van der Waals surface area (Å²) in [6.45, 7) is 1.57. The molecule has 2 aromatic rings. The van der Waals surface area contributed by atoms with E-state index in [0.717, 1.165) is 36.8 Å². The minimum atomic E-state index is 0. The lowest BCUT2D eigenvalue weighted by molar-refractivity contribution is 0.396. The van der Waals surface area contributed by atoms with Crippen LogP contribution in [-0.4, -0.2) is 52.7 Å². The Morgan fingerprint density at radius 1 is 1.04 bits per heavy atom. The molecule has 0 amide bonds. The van der Waals surface area contributed by atoms with Gasteiger partial charge in [-0.15, -0.1) is 24.0 Å². The number of rotatable bonds is 7. The summed E-state index contributed by atoms with van der Waals surface area (Å²) in [5.41, 5.74) is 3.67. The Kier molecular flexibility index (Phi) is 9.99. The Morgan fingerprint density at radius 3 is 2.30 bits per heavy atom. The fourth-order valence-corrected chi connectivity index (χ4v) is 2.83. The zero-order chi connectivity index (χ0) is 18.9. The van der Waals surface area contributed by atoms with E-state index in [-0.39, 0.29) is 24.0 Å². The van der Waals surface area contributed by atoms with E-state index < -0.39 is 0 Å². The van der Waals surface area contributed by atoms with Crippen LogP contribution >= 0.6 is 24.0 Å². The maximum atomic E-state index is 5.43. The highest BCUT2D eigenvalue weighted by molar-refractivity contribution is 14.0. The third-order valence-corrected chi connectivity index (χ3v) is 4.32. The fraction of sp³-hybridized carbons (Fsp3) is 0.381. The van der Waals surface area contributed by atoms with Crippen LogP contribution in [0, 0.1) is 0 Å². The number of halogens is 1. The second-order valence-corrected chi connectivity index (χ2v) is 6.45. The van der Waals surface area contributed by atoms with Gasteiger partial charge in [0.25, 0.3) is 0 Å². The molecule has 0 saturated carbocycles. The van der Waals surface area contributed by atoms with Crippen LogP contribution in [0.3, 0.4) is 0 Å². The summed E-state index contributed by atoms with van der Waals surface area (Å²) >= 11 is 0. The Balaban J connectivity index is 0.00000364. The van der Waals surface area contributed by atoms with Gasteiger partial charge in [-0.2, -0.15) is 0 Å². The molecule has 0 aromatic heterocycles. The first-order valence-electron chi connectivity index (χ1n) is 8.85. The van der Waals surface area contributed by atoms with Crippen molar-refractivity contribution in [2.75, 3.05) is 46.7 Å². The Morgan fingerprint density at radius 2 is 1.70 bits per heavy atom. The number of methoxy groups -OCH3 is 1. The second-order valence-electron chi connectivity index (χ2n) is 6.45. The molecule has 0 atom stereocenters. The molecule has 0 aliphatic carbocycles. The highest BCUT2D eigenvalue weighted by atomic mass is 127. The quantitative estimate of drug-likeness (QED) is 0.372. The third kappa shape index (κ3) is 6.93. The molecule has 0 aliphatic heterocycles. The number of hydrogen-bond acceptors (Lipinski definition) is 3. The van der Waals surface area contributed by atoms with Crippen LogP contribution in [0.25, 0.3) is 0 Å². The van der Waals surface area contributed by atoms with Gasteiger partial charge >= 0.3 is 0 Å². The van der Waals surface area contributed by atoms with Crippen molar-refractivity contribution in [2.24, 2.45) is 4.99 Å². The predicted octanol–water partition coefficient (Wildman–Crippen LogP) is 3.63. The summed E-state index contributed by atoms with van der Waals surface area (Å²) in [4.78, 5) is 8.60. The van der Waals surface area contributed by atoms with E-state index in [9.17, 15) is 0 Å². The van der Waals surface area contributed by atoms with Crippen LogP contribution in [0.1, 0.15) is 11.1 Å². The highest BCUT2D eigenvalue weighted by Crippen LogP contribution is 2.18. The van der Waals surface area contributed by atoms with Gasteiger partial charge in [-0.25, -0.2) is 0 Å². The van der Waals surface area contributed by atoms with Crippen molar-refractivity contribution in [1.82, 2.24) is 10.2 Å². The van der Waals surface area contributed by atoms with E-state index in [1.807, 2.05) is 32.3 Å². The van der Waals surface area contributed by atoms with Gasteiger partial charge in [0.1, 0.15) is 5.75 Å². The molecule has 0 spiro atoms. The smallest absolute Gasteiger partial charge is 0.193 e. The van der Waals surface area contributed by atoms with Crippen molar-refractivity contribution in [1.29, 1.82) is 0 Å². The number of benzene rings is 2. The highest BCUT2D eigenvalue weighted by Gasteiger charge is 2.09. The Hall–Kier alpha value is -1.96. The maximum Gasteiger partial charge on any atom is 0.193 e. The molecule has 0 unspecified atom stereocenters. The molecule has 0 aliphatic rings. The standard InChI is InChI=1S/C21H30N4O.HI/c1-22-21(25(4)16-18-8-6-7-9-20(18)26-5)23-15-14-17-10-12-19(13-11-17)24(2)3;/h6-13H,14-16H2,1-5H3,(H,22,23);1H. The molecule has 0 radical (unpaired) electrons. The first kappa shape index (κ1) is 23.1. The molecular formula is C21H31IN4O. The molecule has 2 aromatic carbocycles. The van der Waals surface area contributed by atoms with Crippen molar-refractivity contribution >= 4 is 35.6 Å². The largest absolute Gasteiger partial charge is 0.496 e. The van der Waals surface area contributed by atoms with Crippen molar-refractivity contribution in [3.8, 4) is 5.75 Å². The van der Waals surface area contributed by atoms with E-state index in [1.165, 1.54) is 11.3 Å². The number of aliphatic imine (C=N–C) groups is 1. The summed E-state index contributed by atoms with van der Waals surface area (Å²) in [5, 5.41) is 3.44. The average Bonchev–Trinajstić information content (AvgIpc) is 2.66. The van der Waals surface area contributed by atoms with Crippen LogP contribution in [0.15, 0.2) is 53.5 Å². The minimum absolute atomic E-state index is 0. The van der Waals surface area contributed by atoms with Crippen molar-refractivity contribution in [3.63, 3.8) is 0 Å². The van der Waals surface area contributed by atoms with E-state index in [4.69, 9.17) is 4.74 Å². The minimum Gasteiger partial charge on any atom is -0.496 e. The van der Waals surface area contributed by atoms with Crippen molar-refractivity contribution < 1.29 is 4.74 Å². The summed E-state index contributed by atoms with van der Waals surface area (Å²) in [6.07, 6.45) is 0.954. The first-order chi connectivity index (χ1) is 12.5. The number of nitrogens with zero attached hydrogens (tertiary/aromatic N) is 3. The predicted molar refractivity (Wildman–Crippen MR) is 126 cm³/mol. The van der Waals surface area contributed by atoms with Crippen LogP contribution < -0.4 is 15.0 Å². The van der Waals surface area contributed by atoms with Crippen molar-refractivity contribution in [3.05, 3.63) is 59.7 Å². The van der Waals surface area contributed by atoms with E-state index >= 15 is 0 Å². The number of hydrogen-bond donors (Lipinski definition) is 1. The summed E-state index contributed by atoms with van der Waals surface area (Å²) in [7, 11) is 9.66. The Bertz CT molecular complexity index is 716. The van der Waals surface area contributed by atoms with Crippen LogP contribution in [0.5, 0.6) is 5.75 Å². The Labute approximate surface area is 180 Å². The molecule has 0 heterocycles. The molecule has 0 fully saturated rings. The third-order valence-electron chi connectivity index (χ3n) is 4.32. The maximum absolute atomic E-state index is 5.43. The van der Waals surface area contributed by atoms with Crippen molar-refractivity contribution in [2.45, 2.75) is 13.0 Å². The molecule has 148 valence electrons. The lowest BCUT2D eigenvalue weighted by atomic mass is 10.1. The van der Waals surface area contributed by atoms with E-state index in [0.29, 0.717) is 0 Å². The van der Waals surface area contributed by atoms with Crippen LogP contribution in [-0.2, 0) is 13.0 Å². The van der Waals surface area contributed by atoms with E-state index in [1.54, 1.807) is 7.11 Å². The second kappa shape index (κ2) is 11.7. The zero-order valence-electron chi connectivity index (χ0n) is 16.9. The fourth-order valence-electron chi connectivity index (χ4n) is 2.83. The number of ether oxygens (including phenoxy) is 1. The zero-order valence-corrected chi connectivity index (χ0v) is 19.2. The summed E-state index contributed by atoms with van der Waals surface area (Å²) in [6, 6.07) is 16.7. The summed E-state index contributed by atoms with van der Waals surface area (Å²) in [5.74, 6) is 1.77. The molecule has 1 N–H and O–H groups in total. The lowest BCUT2D eigenvalue weighted by Gasteiger charge is -2.23. The van der Waals surface area contributed by atoms with E-state index in [2.05, 4.69) is 64.5 Å². The molecule has 5 nitrogen and oxygen atoms in total. The SMILES string of the molecule is CN=C(NCCc1ccc(N(C)C)cc1)N(C)Cc1ccccc1OC.I. The average molecular weight is 482 g/mol. The van der Waals surface area contributed by atoms with Gasteiger partial charge < -0.3 is 19.9 Å². The van der Waals surface area contributed by atoms with Gasteiger partial charge in [-0.3, -0.25) is 4.99 Å². The van der Waals surface area contributed by atoms with Gasteiger partial charge in [-0.1, -0.05) is 30.3 Å². The van der Waals surface area contributed by atoms with Gasteiger partial charge in [0.05, 0.1) is 7.11 Å². The van der Waals surface area contributed by atoms with Crippen LogP contribution in [0.2, 0.25) is 0 Å². The number of anilines is 1. The molecule has 0 bridgehead atoms. The number of guanidine groups is 1. The van der Waals surface area contributed by atoms with Gasteiger partial charge in [0.2, 0.25) is 0 Å². The van der Waals surface area contributed by atoms with Gasteiger partial charge in [0, 0.05) is 52.5 Å². The molecule has 2 rings (SSSR count). The normalized spacial score (nSPS) is 10.8. The van der Waals surface area contributed by atoms with Gasteiger partial charge in [0.15, 0.2) is 5.96 Å².